The normalized spacial score (nSPS) is 47.0. The molecule has 0 heterocycles. The molecule has 2 rings (SSSR count). The molecule has 0 aromatic carbocycles. The van der Waals surface area contributed by atoms with Crippen molar-refractivity contribution in [3.63, 3.8) is 0 Å². The minimum Gasteiger partial charge on any atom is -0.396 e. The van der Waals surface area contributed by atoms with Gasteiger partial charge in [-0.05, 0) is 63.2 Å². The van der Waals surface area contributed by atoms with Crippen molar-refractivity contribution in [1.82, 2.24) is 0 Å². The van der Waals surface area contributed by atoms with Gasteiger partial charge in [-0.3, -0.25) is 0 Å². The van der Waals surface area contributed by atoms with Gasteiger partial charge < -0.3 is 10.2 Å². The molecule has 17 heavy (non-hydrogen) atoms. The lowest BCUT2D eigenvalue weighted by molar-refractivity contribution is -0.0506. The Labute approximate surface area is 105 Å². The van der Waals surface area contributed by atoms with Crippen molar-refractivity contribution in [3.05, 3.63) is 11.6 Å². The summed E-state index contributed by atoms with van der Waals surface area (Å²) in [5.41, 5.74) is 0.763. The van der Waals surface area contributed by atoms with E-state index in [1.807, 2.05) is 6.92 Å². The largest absolute Gasteiger partial charge is 0.396 e. The molecule has 0 aromatic heterocycles. The van der Waals surface area contributed by atoms with Crippen LogP contribution in [0.2, 0.25) is 0 Å². The van der Waals surface area contributed by atoms with Crippen LogP contribution in [0.3, 0.4) is 0 Å². The fourth-order valence-corrected chi connectivity index (χ4v) is 4.18. The van der Waals surface area contributed by atoms with Gasteiger partial charge in [0, 0.05) is 6.61 Å². The number of rotatable bonds is 1. The first-order valence-corrected chi connectivity index (χ1v) is 6.91. The van der Waals surface area contributed by atoms with Crippen LogP contribution in [-0.2, 0) is 0 Å². The van der Waals surface area contributed by atoms with Gasteiger partial charge in [-0.2, -0.15) is 0 Å². The van der Waals surface area contributed by atoms with Crippen LogP contribution in [0.15, 0.2) is 11.6 Å². The average Bonchev–Trinajstić information content (AvgIpc) is 2.37. The number of allylic oxidation sites excluding steroid dienone is 2. The van der Waals surface area contributed by atoms with Crippen LogP contribution >= 0.6 is 0 Å². The molecule has 0 radical (unpaired) electrons. The summed E-state index contributed by atoms with van der Waals surface area (Å²) in [7, 11) is 0. The van der Waals surface area contributed by atoms with Gasteiger partial charge in [0.2, 0.25) is 0 Å². The molecule has 2 N–H and O–H groups in total. The van der Waals surface area contributed by atoms with Crippen LogP contribution in [0.1, 0.15) is 52.9 Å². The molecule has 0 unspecified atom stereocenters. The van der Waals surface area contributed by atoms with E-state index in [4.69, 9.17) is 0 Å². The molecular formula is C15H26O2. The minimum atomic E-state index is -0.562. The van der Waals surface area contributed by atoms with Gasteiger partial charge >= 0.3 is 0 Å². The van der Waals surface area contributed by atoms with E-state index in [-0.39, 0.29) is 12.0 Å². The van der Waals surface area contributed by atoms with Crippen LogP contribution in [-0.4, -0.2) is 22.4 Å². The van der Waals surface area contributed by atoms with Crippen molar-refractivity contribution in [1.29, 1.82) is 0 Å². The summed E-state index contributed by atoms with van der Waals surface area (Å²) < 4.78 is 0. The first-order valence-electron chi connectivity index (χ1n) is 6.91. The molecule has 0 saturated heterocycles. The highest BCUT2D eigenvalue weighted by molar-refractivity contribution is 5.17. The Morgan fingerprint density at radius 1 is 1.35 bits per heavy atom. The maximum atomic E-state index is 10.7. The highest BCUT2D eigenvalue weighted by atomic mass is 16.3. The molecule has 2 heteroatoms. The summed E-state index contributed by atoms with van der Waals surface area (Å²) in [5, 5.41) is 20.5. The molecule has 1 saturated carbocycles. The average molecular weight is 238 g/mol. The zero-order chi connectivity index (χ0) is 12.7. The molecule has 0 aliphatic heterocycles. The second kappa shape index (κ2) is 4.40. The standard InChI is InChI=1S/C15H26O2/c1-11-6-4-7-12-13(11)14(2,10-16)8-5-9-15(12,3)17/h6,12-13,16-17H,4-5,7-10H2,1-3H3/t12-,13+,14-,15+/m1/s1. The number of hydrogen-bond acceptors (Lipinski definition) is 2. The van der Waals surface area contributed by atoms with Gasteiger partial charge in [0.15, 0.2) is 0 Å². The van der Waals surface area contributed by atoms with Crippen molar-refractivity contribution in [3.8, 4) is 0 Å². The topological polar surface area (TPSA) is 40.5 Å². The third-order valence-corrected chi connectivity index (χ3v) is 5.18. The molecule has 4 atom stereocenters. The van der Waals surface area contributed by atoms with Crippen molar-refractivity contribution in [2.24, 2.45) is 17.3 Å². The Kier molecular flexibility index (Phi) is 3.39. The molecule has 2 aliphatic rings. The van der Waals surface area contributed by atoms with Crippen molar-refractivity contribution < 1.29 is 10.2 Å². The van der Waals surface area contributed by atoms with E-state index in [0.717, 1.165) is 32.1 Å². The maximum absolute atomic E-state index is 10.7. The highest BCUT2D eigenvalue weighted by Crippen LogP contribution is 2.52. The monoisotopic (exact) mass is 238 g/mol. The van der Waals surface area contributed by atoms with E-state index in [0.29, 0.717) is 11.8 Å². The Morgan fingerprint density at radius 2 is 2.06 bits per heavy atom. The maximum Gasteiger partial charge on any atom is 0.0653 e. The lowest BCUT2D eigenvalue weighted by Crippen LogP contribution is -2.45. The molecule has 2 aliphatic carbocycles. The predicted molar refractivity (Wildman–Crippen MR) is 69.6 cm³/mol. The zero-order valence-electron chi connectivity index (χ0n) is 11.4. The number of fused-ring (bicyclic) bond motifs is 1. The minimum absolute atomic E-state index is 0.0494. The number of hydrogen-bond donors (Lipinski definition) is 2. The van der Waals surface area contributed by atoms with E-state index in [2.05, 4.69) is 19.9 Å². The highest BCUT2D eigenvalue weighted by Gasteiger charge is 2.49. The summed E-state index contributed by atoms with van der Waals surface area (Å²) in [5.74, 6) is 0.658. The summed E-state index contributed by atoms with van der Waals surface area (Å²) in [6.45, 7) is 6.59. The fraction of sp³-hybridized carbons (Fsp3) is 0.867. The van der Waals surface area contributed by atoms with E-state index >= 15 is 0 Å². The van der Waals surface area contributed by atoms with E-state index in [9.17, 15) is 10.2 Å². The van der Waals surface area contributed by atoms with E-state index in [1.54, 1.807) is 0 Å². The van der Waals surface area contributed by atoms with E-state index < -0.39 is 5.60 Å². The van der Waals surface area contributed by atoms with Crippen molar-refractivity contribution >= 4 is 0 Å². The van der Waals surface area contributed by atoms with Gasteiger partial charge in [0.25, 0.3) is 0 Å². The Bertz CT molecular complexity index is 319. The molecule has 0 amide bonds. The SMILES string of the molecule is CC1=CCC[C@@H]2[C@H]1[C@@](C)(CO)CCC[C@]2(C)O. The molecule has 98 valence electrons. The predicted octanol–water partition coefficient (Wildman–Crippen LogP) is 2.89. The molecule has 1 fully saturated rings. The summed E-state index contributed by atoms with van der Waals surface area (Å²) in [4.78, 5) is 0. The summed E-state index contributed by atoms with van der Waals surface area (Å²) in [6, 6.07) is 0. The second-order valence-electron chi connectivity index (χ2n) is 6.63. The molecule has 0 spiro atoms. The van der Waals surface area contributed by atoms with Gasteiger partial charge in [-0.1, -0.05) is 18.6 Å². The lowest BCUT2D eigenvalue weighted by atomic mass is 9.61. The number of aliphatic hydroxyl groups excluding tert-OH is 1. The Morgan fingerprint density at radius 3 is 2.71 bits per heavy atom. The fourth-order valence-electron chi connectivity index (χ4n) is 4.18. The van der Waals surface area contributed by atoms with Crippen molar-refractivity contribution in [2.75, 3.05) is 6.61 Å². The van der Waals surface area contributed by atoms with Crippen LogP contribution in [0, 0.1) is 17.3 Å². The van der Waals surface area contributed by atoms with Crippen LogP contribution < -0.4 is 0 Å². The zero-order valence-corrected chi connectivity index (χ0v) is 11.4. The molecule has 2 nitrogen and oxygen atoms in total. The van der Waals surface area contributed by atoms with Crippen LogP contribution in [0.25, 0.3) is 0 Å². The first kappa shape index (κ1) is 13.1. The first-order chi connectivity index (χ1) is 7.91. The summed E-state index contributed by atoms with van der Waals surface area (Å²) >= 11 is 0. The molecule has 0 aromatic rings. The summed E-state index contributed by atoms with van der Waals surface area (Å²) in [6.07, 6.45) is 7.35. The molecule has 0 bridgehead atoms. The third-order valence-electron chi connectivity index (χ3n) is 5.18. The van der Waals surface area contributed by atoms with Gasteiger partial charge in [0.05, 0.1) is 5.60 Å². The van der Waals surface area contributed by atoms with Gasteiger partial charge in [0.1, 0.15) is 0 Å². The smallest absolute Gasteiger partial charge is 0.0653 e. The second-order valence-corrected chi connectivity index (χ2v) is 6.63. The Hall–Kier alpha value is -0.340. The molecular weight excluding hydrogens is 212 g/mol. The third kappa shape index (κ3) is 2.17. The van der Waals surface area contributed by atoms with Gasteiger partial charge in [-0.15, -0.1) is 0 Å². The van der Waals surface area contributed by atoms with E-state index in [1.165, 1.54) is 5.57 Å². The quantitative estimate of drug-likeness (QED) is 0.690. The number of aliphatic hydroxyl groups is 2. The van der Waals surface area contributed by atoms with Crippen LogP contribution in [0.4, 0.5) is 0 Å². The van der Waals surface area contributed by atoms with Crippen molar-refractivity contribution in [2.45, 2.75) is 58.5 Å². The van der Waals surface area contributed by atoms with Gasteiger partial charge in [-0.25, -0.2) is 0 Å². The Balaban J connectivity index is 2.42. The van der Waals surface area contributed by atoms with Crippen LogP contribution in [0.5, 0.6) is 0 Å². The lowest BCUT2D eigenvalue weighted by Gasteiger charge is -2.46.